The second kappa shape index (κ2) is 17.5. The molecule has 2 N–H and O–H groups in total. The molecule has 0 heterocycles. The summed E-state index contributed by atoms with van der Waals surface area (Å²) in [6.45, 7) is 22.4. The molecule has 0 aliphatic heterocycles. The van der Waals surface area contributed by atoms with Gasteiger partial charge in [-0.2, -0.15) is 0 Å². The number of rotatable bonds is 15. The minimum Gasteiger partial charge on any atom is -0.508 e. The van der Waals surface area contributed by atoms with E-state index in [9.17, 15) is 10.2 Å². The van der Waals surface area contributed by atoms with Crippen LogP contribution in [0.15, 0.2) is 136 Å². The lowest BCUT2D eigenvalue weighted by atomic mass is 9.77. The van der Waals surface area contributed by atoms with Gasteiger partial charge in [-0.15, -0.1) is 13.2 Å². The topological polar surface area (TPSA) is 58.9 Å². The van der Waals surface area contributed by atoms with E-state index >= 15 is 0 Å². The van der Waals surface area contributed by atoms with Crippen LogP contribution >= 0.6 is 0 Å². The molecular weight excluding hydrogens is 568 g/mol. The van der Waals surface area contributed by atoms with Crippen LogP contribution in [-0.2, 0) is 18.3 Å². The van der Waals surface area contributed by atoms with Crippen molar-refractivity contribution < 1.29 is 19.7 Å². The van der Waals surface area contributed by atoms with E-state index in [0.717, 1.165) is 40.2 Å². The summed E-state index contributed by atoms with van der Waals surface area (Å²) in [5.41, 5.74) is 6.07. The van der Waals surface area contributed by atoms with E-state index < -0.39 is 0 Å². The molecule has 0 aliphatic rings. The highest BCUT2D eigenvalue weighted by molar-refractivity contribution is 5.49. The molecule has 0 unspecified atom stereocenters. The van der Waals surface area contributed by atoms with Gasteiger partial charge in [-0.05, 0) is 65.8 Å². The van der Waals surface area contributed by atoms with Crippen molar-refractivity contribution in [2.45, 2.75) is 51.4 Å². The highest BCUT2D eigenvalue weighted by Gasteiger charge is 2.25. The van der Waals surface area contributed by atoms with Crippen molar-refractivity contribution in [1.82, 2.24) is 0 Å². The SMILES string of the molecule is C=CCOc1ccccc1C(CC)c1ccccc1OCC=C.C=CCc1cc(C(C)(C)c2ccc(O)c(CC=C)c2)ccc1O. The Hall–Kier alpha value is -4.96. The quantitative estimate of drug-likeness (QED) is 0.131. The summed E-state index contributed by atoms with van der Waals surface area (Å²) < 4.78 is 11.7. The minimum atomic E-state index is -0.243. The second-order valence-corrected chi connectivity index (χ2v) is 11.5. The second-order valence-electron chi connectivity index (χ2n) is 11.5. The summed E-state index contributed by atoms with van der Waals surface area (Å²) >= 11 is 0. The van der Waals surface area contributed by atoms with Gasteiger partial charge in [-0.1, -0.05) is 119 Å². The molecule has 0 aliphatic carbocycles. The molecular formula is C42H48O4. The first-order chi connectivity index (χ1) is 22.2. The van der Waals surface area contributed by atoms with Crippen LogP contribution in [0, 0.1) is 0 Å². The van der Waals surface area contributed by atoms with E-state index in [0.29, 0.717) is 37.6 Å². The maximum Gasteiger partial charge on any atom is 0.123 e. The molecule has 0 radical (unpaired) electrons. The van der Waals surface area contributed by atoms with Crippen LogP contribution in [0.4, 0.5) is 0 Å². The number of ether oxygens (including phenoxy) is 2. The molecule has 46 heavy (non-hydrogen) atoms. The average molecular weight is 617 g/mol. The smallest absolute Gasteiger partial charge is 0.123 e. The Morgan fingerprint density at radius 3 is 1.41 bits per heavy atom. The molecule has 0 amide bonds. The van der Waals surface area contributed by atoms with E-state index in [-0.39, 0.29) is 11.3 Å². The zero-order chi connectivity index (χ0) is 33.5. The van der Waals surface area contributed by atoms with E-state index in [2.05, 4.69) is 59.2 Å². The number of phenols is 2. The van der Waals surface area contributed by atoms with Crippen molar-refractivity contribution in [3.05, 3.63) is 169 Å². The molecule has 0 spiro atoms. The number of allylic oxidation sites excluding steroid dienone is 2. The summed E-state index contributed by atoms with van der Waals surface area (Å²) in [5, 5.41) is 19.9. The zero-order valence-electron chi connectivity index (χ0n) is 27.5. The molecule has 0 aromatic heterocycles. The van der Waals surface area contributed by atoms with Gasteiger partial charge in [0.25, 0.3) is 0 Å². The van der Waals surface area contributed by atoms with E-state index in [1.807, 2.05) is 60.7 Å². The van der Waals surface area contributed by atoms with Crippen LogP contribution < -0.4 is 9.47 Å². The maximum atomic E-state index is 9.96. The zero-order valence-corrected chi connectivity index (χ0v) is 27.5. The van der Waals surface area contributed by atoms with Gasteiger partial charge in [0, 0.05) is 22.5 Å². The predicted octanol–water partition coefficient (Wildman–Crippen LogP) is 10.2. The van der Waals surface area contributed by atoms with Gasteiger partial charge in [-0.25, -0.2) is 0 Å². The van der Waals surface area contributed by atoms with Gasteiger partial charge < -0.3 is 19.7 Å². The molecule has 4 aromatic carbocycles. The van der Waals surface area contributed by atoms with Gasteiger partial charge in [0.1, 0.15) is 36.2 Å². The lowest BCUT2D eigenvalue weighted by Gasteiger charge is -2.27. The molecule has 0 atom stereocenters. The highest BCUT2D eigenvalue weighted by atomic mass is 16.5. The maximum absolute atomic E-state index is 9.96. The molecule has 0 fully saturated rings. The third-order valence-electron chi connectivity index (χ3n) is 8.04. The molecule has 0 saturated heterocycles. The number of aromatic hydroxyl groups is 2. The molecule has 0 saturated carbocycles. The third-order valence-corrected chi connectivity index (χ3v) is 8.04. The van der Waals surface area contributed by atoms with E-state index in [1.54, 1.807) is 36.4 Å². The van der Waals surface area contributed by atoms with Crippen molar-refractivity contribution in [2.75, 3.05) is 13.2 Å². The van der Waals surface area contributed by atoms with Crippen LogP contribution in [0.5, 0.6) is 23.0 Å². The number of para-hydroxylation sites is 2. The lowest BCUT2D eigenvalue weighted by Crippen LogP contribution is -2.19. The Balaban J connectivity index is 0.000000250. The normalized spacial score (nSPS) is 10.8. The van der Waals surface area contributed by atoms with Gasteiger partial charge >= 0.3 is 0 Å². The average Bonchev–Trinajstić information content (AvgIpc) is 3.06. The molecule has 4 heteroatoms. The van der Waals surface area contributed by atoms with Crippen molar-refractivity contribution in [1.29, 1.82) is 0 Å². The van der Waals surface area contributed by atoms with Crippen LogP contribution in [0.2, 0.25) is 0 Å². The standard InChI is InChI=1S/2C21H24O2/c1-5-7-15-13-17(9-11-19(15)22)21(3,4)18-10-12-20(23)16(14-18)8-6-2;1-4-15-22-20-13-9-7-11-18(20)17(6-3)19-12-8-10-14-21(19)23-16-5-2/h5-6,9-14,22-23H,1-2,7-8H2,3-4H3;4-5,7-14,17H,1-2,6,15-16H2,3H3. The predicted molar refractivity (Wildman–Crippen MR) is 193 cm³/mol. The number of hydrogen-bond acceptors (Lipinski definition) is 4. The van der Waals surface area contributed by atoms with Crippen LogP contribution in [0.3, 0.4) is 0 Å². The van der Waals surface area contributed by atoms with E-state index in [4.69, 9.17) is 9.47 Å². The summed E-state index contributed by atoms with van der Waals surface area (Å²) in [4.78, 5) is 0. The van der Waals surface area contributed by atoms with Crippen molar-refractivity contribution in [3.63, 3.8) is 0 Å². The fourth-order valence-corrected chi connectivity index (χ4v) is 5.46. The van der Waals surface area contributed by atoms with E-state index in [1.165, 1.54) is 11.1 Å². The van der Waals surface area contributed by atoms with Crippen molar-refractivity contribution >= 4 is 0 Å². The van der Waals surface area contributed by atoms with Gasteiger partial charge in [0.15, 0.2) is 0 Å². The Morgan fingerprint density at radius 2 is 1.04 bits per heavy atom. The van der Waals surface area contributed by atoms with Crippen molar-refractivity contribution in [3.8, 4) is 23.0 Å². The third kappa shape index (κ3) is 9.04. The number of hydrogen-bond donors (Lipinski definition) is 2. The lowest BCUT2D eigenvalue weighted by molar-refractivity contribution is 0.351. The Morgan fingerprint density at radius 1 is 0.630 bits per heavy atom. The van der Waals surface area contributed by atoms with Crippen LogP contribution in [0.1, 0.15) is 66.5 Å². The first kappa shape index (κ1) is 35.5. The molecule has 4 nitrogen and oxygen atoms in total. The van der Waals surface area contributed by atoms with Crippen LogP contribution in [-0.4, -0.2) is 23.4 Å². The Bertz CT molecular complexity index is 1500. The molecule has 4 rings (SSSR count). The fourth-order valence-electron chi connectivity index (χ4n) is 5.46. The Labute approximate surface area is 275 Å². The molecule has 4 aromatic rings. The molecule has 0 bridgehead atoms. The highest BCUT2D eigenvalue weighted by Crippen LogP contribution is 2.39. The van der Waals surface area contributed by atoms with Crippen LogP contribution in [0.25, 0.3) is 0 Å². The first-order valence-electron chi connectivity index (χ1n) is 15.7. The number of phenolic OH excluding ortho intramolecular Hbond substituents is 2. The summed E-state index contributed by atoms with van der Waals surface area (Å²) in [6.07, 6.45) is 9.32. The summed E-state index contributed by atoms with van der Waals surface area (Å²) in [7, 11) is 0. The largest absolute Gasteiger partial charge is 0.508 e. The minimum absolute atomic E-state index is 0.219. The summed E-state index contributed by atoms with van der Waals surface area (Å²) in [6, 6.07) is 27.8. The van der Waals surface area contributed by atoms with Gasteiger partial charge in [0.05, 0.1) is 0 Å². The Kier molecular flexibility index (Phi) is 13.5. The number of benzene rings is 4. The first-order valence-corrected chi connectivity index (χ1v) is 15.7. The monoisotopic (exact) mass is 616 g/mol. The summed E-state index contributed by atoms with van der Waals surface area (Å²) in [5.74, 6) is 2.61. The molecule has 240 valence electrons. The fraction of sp³-hybridized carbons (Fsp3) is 0.238. The van der Waals surface area contributed by atoms with Crippen molar-refractivity contribution in [2.24, 2.45) is 0 Å². The van der Waals surface area contributed by atoms with Gasteiger partial charge in [-0.3, -0.25) is 0 Å². The van der Waals surface area contributed by atoms with Gasteiger partial charge in [0.2, 0.25) is 0 Å².